The smallest absolute Gasteiger partial charge is 0.352 e. The Morgan fingerprint density at radius 1 is 1.19 bits per heavy atom. The lowest BCUT2D eigenvalue weighted by Gasteiger charge is -2.45. The van der Waals surface area contributed by atoms with Gasteiger partial charge in [0.05, 0.1) is 11.6 Å². The molecule has 9 heteroatoms. The molecule has 1 aliphatic heterocycles. The Labute approximate surface area is 219 Å². The minimum Gasteiger partial charge on any atom is -0.352 e. The number of carbonyl (C=O) groups excluding carboxylic acids is 1. The number of nitrogens with one attached hydrogen (secondary N) is 1. The number of aliphatic imine (C=N–C) groups is 1. The van der Waals surface area contributed by atoms with Crippen molar-refractivity contribution < 1.29 is 18.0 Å². The second-order valence-electron chi connectivity index (χ2n) is 9.72. The average molecular weight is 540 g/mol. The average Bonchev–Trinajstić information content (AvgIpc) is 3.19. The van der Waals surface area contributed by atoms with Crippen molar-refractivity contribution in [3.05, 3.63) is 69.2 Å². The fourth-order valence-electron chi connectivity index (χ4n) is 5.34. The summed E-state index contributed by atoms with van der Waals surface area (Å²) in [5.41, 5.74) is 1.90. The highest BCUT2D eigenvalue weighted by Gasteiger charge is 2.53. The maximum absolute atomic E-state index is 13.8. The molecule has 1 saturated carbocycles. The van der Waals surface area contributed by atoms with Gasteiger partial charge in [0.1, 0.15) is 5.66 Å². The molecular weight excluding hydrogens is 510 g/mol. The van der Waals surface area contributed by atoms with Crippen molar-refractivity contribution in [2.24, 2.45) is 10.9 Å². The largest absolute Gasteiger partial charge is 0.391 e. The Balaban J connectivity index is 1.67. The van der Waals surface area contributed by atoms with Crippen molar-refractivity contribution in [3.63, 3.8) is 0 Å². The van der Waals surface area contributed by atoms with Crippen LogP contribution in [0, 0.1) is 5.92 Å². The highest BCUT2D eigenvalue weighted by atomic mass is 35.5. The van der Waals surface area contributed by atoms with E-state index in [4.69, 9.17) is 28.2 Å². The van der Waals surface area contributed by atoms with Crippen molar-refractivity contribution >= 4 is 34.8 Å². The molecule has 3 unspecified atom stereocenters. The van der Waals surface area contributed by atoms with Gasteiger partial charge < -0.3 is 5.32 Å². The van der Waals surface area contributed by atoms with Gasteiger partial charge in [0, 0.05) is 34.7 Å². The number of halogens is 5. The van der Waals surface area contributed by atoms with Crippen molar-refractivity contribution in [2.45, 2.75) is 63.8 Å². The summed E-state index contributed by atoms with van der Waals surface area (Å²) < 4.78 is 41.5. The van der Waals surface area contributed by atoms with E-state index in [1.165, 1.54) is 0 Å². The van der Waals surface area contributed by atoms with E-state index in [1.54, 1.807) is 30.3 Å². The zero-order valence-corrected chi connectivity index (χ0v) is 21.9. The van der Waals surface area contributed by atoms with E-state index in [-0.39, 0.29) is 24.8 Å². The molecule has 1 spiro atoms. The Kier molecular flexibility index (Phi) is 8.03. The van der Waals surface area contributed by atoms with Crippen LogP contribution in [-0.4, -0.2) is 41.4 Å². The molecular formula is C27H30Cl2F3N3O. The minimum absolute atomic E-state index is 0.0872. The first-order valence-corrected chi connectivity index (χ1v) is 13.0. The Hall–Kier alpha value is -2.09. The van der Waals surface area contributed by atoms with Gasteiger partial charge >= 0.3 is 6.18 Å². The van der Waals surface area contributed by atoms with Crippen LogP contribution in [0.1, 0.15) is 73.5 Å². The lowest BCUT2D eigenvalue weighted by Crippen LogP contribution is -2.50. The van der Waals surface area contributed by atoms with Crippen molar-refractivity contribution in [3.8, 4) is 0 Å². The number of nitrogens with zero attached hydrogens (tertiary/aromatic N) is 2. The molecule has 2 aromatic rings. The van der Waals surface area contributed by atoms with E-state index < -0.39 is 17.8 Å². The van der Waals surface area contributed by atoms with E-state index in [0.717, 1.165) is 17.5 Å². The summed E-state index contributed by atoms with van der Waals surface area (Å²) in [6.45, 7) is 4.94. The van der Waals surface area contributed by atoms with Crippen molar-refractivity contribution in [1.82, 2.24) is 10.2 Å². The van der Waals surface area contributed by atoms with Gasteiger partial charge in [0.15, 0.2) is 0 Å². The van der Waals surface area contributed by atoms with E-state index in [1.807, 2.05) is 26.0 Å². The normalized spacial score (nSPS) is 23.5. The third kappa shape index (κ3) is 5.74. The summed E-state index contributed by atoms with van der Waals surface area (Å²) in [6, 6.07) is 12.2. The Morgan fingerprint density at radius 3 is 2.47 bits per heavy atom. The van der Waals surface area contributed by atoms with Crippen LogP contribution in [0.25, 0.3) is 0 Å². The molecule has 4 rings (SSSR count). The fourth-order valence-corrected chi connectivity index (χ4v) is 5.86. The van der Waals surface area contributed by atoms with Crippen LogP contribution in [0.2, 0.25) is 10.0 Å². The number of benzene rings is 2. The Morgan fingerprint density at radius 2 is 1.86 bits per heavy atom. The maximum Gasteiger partial charge on any atom is 0.391 e. The summed E-state index contributed by atoms with van der Waals surface area (Å²) in [7, 11) is 0. The molecule has 0 radical (unpaired) electrons. The zero-order valence-electron chi connectivity index (χ0n) is 20.3. The van der Waals surface area contributed by atoms with Gasteiger partial charge in [-0.3, -0.25) is 14.7 Å². The Bertz CT molecular complexity index is 1120. The third-order valence-electron chi connectivity index (χ3n) is 7.22. The van der Waals surface area contributed by atoms with Crippen molar-refractivity contribution in [2.75, 3.05) is 13.1 Å². The van der Waals surface area contributed by atoms with Gasteiger partial charge in [-0.05, 0) is 80.5 Å². The van der Waals surface area contributed by atoms with E-state index in [9.17, 15) is 18.0 Å². The lowest BCUT2D eigenvalue weighted by atomic mass is 9.79. The molecule has 2 aliphatic rings. The second-order valence-corrected chi connectivity index (χ2v) is 10.6. The summed E-state index contributed by atoms with van der Waals surface area (Å²) in [4.78, 5) is 19.3. The van der Waals surface area contributed by atoms with Crippen LogP contribution in [-0.2, 0) is 0 Å². The first-order valence-electron chi connectivity index (χ1n) is 12.3. The number of carbonyl (C=O) groups is 1. The predicted octanol–water partition coefficient (Wildman–Crippen LogP) is 7.45. The van der Waals surface area contributed by atoms with Gasteiger partial charge in [-0.15, -0.1) is 0 Å². The highest BCUT2D eigenvalue weighted by Crippen LogP contribution is 2.49. The molecule has 36 heavy (non-hydrogen) atoms. The van der Waals surface area contributed by atoms with Gasteiger partial charge in [-0.25, -0.2) is 0 Å². The minimum atomic E-state index is -4.27. The third-order valence-corrected chi connectivity index (χ3v) is 7.65. The molecule has 3 atom stereocenters. The molecule has 1 aliphatic carbocycles. The van der Waals surface area contributed by atoms with Gasteiger partial charge in [0.2, 0.25) is 0 Å². The molecule has 2 aromatic carbocycles. The quantitative estimate of drug-likeness (QED) is 0.414. The van der Waals surface area contributed by atoms with E-state index in [0.29, 0.717) is 47.3 Å². The topological polar surface area (TPSA) is 44.7 Å². The molecule has 0 saturated heterocycles. The van der Waals surface area contributed by atoms with Crippen LogP contribution >= 0.6 is 23.2 Å². The molecule has 194 valence electrons. The SMILES string of the molecule is CCCNC(=O)c1ccc(C(C)N2CC(c3cc(Cl)cc(Cl)c3)=NC23CCCC(C(F)(F)F)C3)cc1. The number of alkyl halides is 3. The zero-order chi connectivity index (χ0) is 26.1. The monoisotopic (exact) mass is 539 g/mol. The fraction of sp³-hybridized carbons (Fsp3) is 0.481. The van der Waals surface area contributed by atoms with Gasteiger partial charge in [-0.2, -0.15) is 13.2 Å². The summed E-state index contributed by atoms with van der Waals surface area (Å²) >= 11 is 12.4. The maximum atomic E-state index is 13.8. The lowest BCUT2D eigenvalue weighted by molar-refractivity contribution is -0.193. The molecule has 0 bridgehead atoms. The molecule has 0 aromatic heterocycles. The van der Waals surface area contributed by atoms with Gasteiger partial charge in [-0.1, -0.05) is 42.3 Å². The highest BCUT2D eigenvalue weighted by molar-refractivity contribution is 6.35. The van der Waals surface area contributed by atoms with Crippen LogP contribution in [0.5, 0.6) is 0 Å². The van der Waals surface area contributed by atoms with Crippen molar-refractivity contribution in [1.29, 1.82) is 0 Å². The molecule has 4 nitrogen and oxygen atoms in total. The van der Waals surface area contributed by atoms with E-state index in [2.05, 4.69) is 10.2 Å². The number of amides is 1. The molecule has 1 N–H and O–H groups in total. The van der Waals surface area contributed by atoms with Crippen LogP contribution < -0.4 is 5.32 Å². The number of rotatable bonds is 6. The molecule has 1 heterocycles. The van der Waals surface area contributed by atoms with Crippen LogP contribution in [0.4, 0.5) is 13.2 Å². The molecule has 1 amide bonds. The first kappa shape index (κ1) is 27.0. The number of hydrogen-bond acceptors (Lipinski definition) is 3. The van der Waals surface area contributed by atoms with E-state index >= 15 is 0 Å². The predicted molar refractivity (Wildman–Crippen MR) is 138 cm³/mol. The van der Waals surface area contributed by atoms with Crippen LogP contribution in [0.3, 0.4) is 0 Å². The molecule has 1 fully saturated rings. The van der Waals surface area contributed by atoms with Crippen LogP contribution in [0.15, 0.2) is 47.5 Å². The summed E-state index contributed by atoms with van der Waals surface area (Å²) in [5.74, 6) is -1.55. The first-order chi connectivity index (χ1) is 17.0. The standard InChI is InChI=1S/C27H30Cl2F3N3O/c1-3-11-33-25(36)19-8-6-18(7-9-19)17(2)35-16-24(20-12-22(28)14-23(29)13-20)34-26(35)10-4-5-21(15-26)27(30,31)32/h6-9,12-14,17,21H,3-5,10-11,15-16H2,1-2H3,(H,33,36). The summed E-state index contributed by atoms with van der Waals surface area (Å²) in [5, 5.41) is 3.76. The summed E-state index contributed by atoms with van der Waals surface area (Å²) in [6.07, 6.45) is -2.42. The number of hydrogen-bond donors (Lipinski definition) is 1. The second kappa shape index (κ2) is 10.7. The van der Waals surface area contributed by atoms with Gasteiger partial charge in [0.25, 0.3) is 5.91 Å².